The fourth-order valence-corrected chi connectivity index (χ4v) is 11.0. The number of aromatic nitrogens is 3. The molecule has 0 saturated heterocycles. The van der Waals surface area contributed by atoms with Crippen molar-refractivity contribution < 1.29 is 0 Å². The Kier molecular flexibility index (Phi) is 8.64. The zero-order valence-electron chi connectivity index (χ0n) is 33.5. The van der Waals surface area contributed by atoms with Crippen molar-refractivity contribution in [2.45, 2.75) is 21.4 Å². The van der Waals surface area contributed by atoms with Crippen molar-refractivity contribution in [2.75, 3.05) is 0 Å². The summed E-state index contributed by atoms with van der Waals surface area (Å²) in [6, 6.07) is 65.2. The summed E-state index contributed by atoms with van der Waals surface area (Å²) < 4.78 is 0. The fraction of sp³-hybridized carbons (Fsp3) is 0.0357. The van der Waals surface area contributed by atoms with E-state index >= 15 is 0 Å². The number of aliphatic imine (C=N–C) groups is 1. The van der Waals surface area contributed by atoms with Crippen LogP contribution in [0.5, 0.6) is 0 Å². The van der Waals surface area contributed by atoms with Crippen LogP contribution in [0.25, 0.3) is 50.5 Å². The Morgan fingerprint density at radius 2 is 1.06 bits per heavy atom. The van der Waals surface area contributed by atoms with E-state index in [2.05, 4.69) is 191 Å². The lowest BCUT2D eigenvalue weighted by Crippen LogP contribution is -2.32. The van der Waals surface area contributed by atoms with Gasteiger partial charge in [-0.3, -0.25) is 15.0 Å². The molecule has 0 saturated carbocycles. The molecule has 5 nitrogen and oxygen atoms in total. The van der Waals surface area contributed by atoms with Crippen molar-refractivity contribution in [2.24, 2.45) is 4.99 Å². The number of benzene rings is 6. The number of pyridine rings is 3. The molecule has 1 unspecified atom stereocenters. The Balaban J connectivity index is 1.17. The van der Waals surface area contributed by atoms with Gasteiger partial charge >= 0.3 is 0 Å². The number of fused-ring (bicyclic) bond motifs is 9. The molecule has 1 N–H and O–H groups in total. The summed E-state index contributed by atoms with van der Waals surface area (Å²) >= 11 is 1.86. The van der Waals surface area contributed by atoms with Crippen LogP contribution in [0, 0.1) is 0 Å². The van der Waals surface area contributed by atoms with Gasteiger partial charge in [-0.2, -0.15) is 0 Å². The van der Waals surface area contributed by atoms with Gasteiger partial charge in [-0.25, -0.2) is 4.98 Å². The predicted molar refractivity (Wildman–Crippen MR) is 251 cm³/mol. The first kappa shape index (κ1) is 36.2. The van der Waals surface area contributed by atoms with Crippen LogP contribution in [-0.2, 0) is 5.41 Å². The van der Waals surface area contributed by atoms with Crippen molar-refractivity contribution in [3.63, 3.8) is 0 Å². The van der Waals surface area contributed by atoms with Gasteiger partial charge in [0, 0.05) is 62.5 Å². The van der Waals surface area contributed by atoms with E-state index in [1.165, 1.54) is 43.2 Å². The Hall–Kier alpha value is -7.67. The van der Waals surface area contributed by atoms with E-state index in [4.69, 9.17) is 9.98 Å². The highest BCUT2D eigenvalue weighted by Gasteiger charge is 2.52. The number of rotatable bonds is 6. The van der Waals surface area contributed by atoms with Crippen molar-refractivity contribution in [3.05, 3.63) is 252 Å². The molecule has 1 spiro atoms. The van der Waals surface area contributed by atoms with Gasteiger partial charge in [-0.05, 0) is 105 Å². The van der Waals surface area contributed by atoms with Crippen LogP contribution in [0.4, 0.5) is 0 Å². The molecule has 0 fully saturated rings. The monoisotopic (exact) mass is 811 g/mol. The maximum Gasteiger partial charge on any atom is 0.146 e. The molecule has 292 valence electrons. The number of hydrogen-bond acceptors (Lipinski definition) is 6. The van der Waals surface area contributed by atoms with Crippen molar-refractivity contribution in [1.82, 2.24) is 20.3 Å². The van der Waals surface area contributed by atoms with Crippen molar-refractivity contribution in [1.29, 1.82) is 0 Å². The molecule has 5 heterocycles. The summed E-state index contributed by atoms with van der Waals surface area (Å²) in [5, 5.41) is 3.94. The lowest BCUT2D eigenvalue weighted by atomic mass is 9.67. The maximum absolute atomic E-state index is 5.58. The fourth-order valence-electron chi connectivity index (χ4n) is 9.78. The van der Waals surface area contributed by atoms with Gasteiger partial charge in [0.1, 0.15) is 6.17 Å². The van der Waals surface area contributed by atoms with Gasteiger partial charge in [0.05, 0.1) is 22.5 Å². The van der Waals surface area contributed by atoms with E-state index in [0.717, 1.165) is 61.7 Å². The largest absolute Gasteiger partial charge is 0.359 e. The Labute approximate surface area is 364 Å². The highest BCUT2D eigenvalue weighted by Crippen LogP contribution is 2.64. The lowest BCUT2D eigenvalue weighted by Gasteiger charge is -2.39. The highest BCUT2D eigenvalue weighted by molar-refractivity contribution is 7.99. The summed E-state index contributed by atoms with van der Waals surface area (Å²) in [6.07, 6.45) is 9.18. The molecule has 12 rings (SSSR count). The van der Waals surface area contributed by atoms with Crippen molar-refractivity contribution >= 4 is 23.2 Å². The maximum atomic E-state index is 5.58. The van der Waals surface area contributed by atoms with Gasteiger partial charge < -0.3 is 5.32 Å². The van der Waals surface area contributed by atoms with Crippen LogP contribution in [0.2, 0.25) is 0 Å². The molecule has 0 bridgehead atoms. The summed E-state index contributed by atoms with van der Waals surface area (Å²) in [5.74, 6) is 0. The van der Waals surface area contributed by atoms with Crippen LogP contribution in [0.15, 0.2) is 228 Å². The second kappa shape index (κ2) is 14.8. The standard InChI is InChI=1S/C56H37N5S/c1-3-15-36(16-4-1)48-33-49(37-17-5-2-6-18-37)61-55(60-48)42-22-12-26-46-53(42)52-40(41-29-30-47(38-19-13-31-57-34-38)59-54(41)39-20-14-32-58-35-39)21-11-25-45(52)56(46)43-23-7-9-27-50(43)62-51-28-10-8-24-44(51)56/h1-35,55,60H. The second-order valence-corrected chi connectivity index (χ2v) is 16.9. The Morgan fingerprint density at radius 1 is 0.468 bits per heavy atom. The van der Waals surface area contributed by atoms with Gasteiger partial charge in [0.15, 0.2) is 0 Å². The first-order valence-corrected chi connectivity index (χ1v) is 21.7. The molecular weight excluding hydrogens is 775 g/mol. The average molecular weight is 812 g/mol. The number of hydrogen-bond donors (Lipinski definition) is 1. The zero-order chi connectivity index (χ0) is 41.0. The zero-order valence-corrected chi connectivity index (χ0v) is 34.3. The highest BCUT2D eigenvalue weighted by atomic mass is 32.2. The number of allylic oxidation sites excluding steroid dienone is 1. The molecule has 9 aromatic rings. The summed E-state index contributed by atoms with van der Waals surface area (Å²) in [4.78, 5) is 22.5. The summed E-state index contributed by atoms with van der Waals surface area (Å²) in [5.41, 5.74) is 17.8. The SMILES string of the molecule is C1=C(c2ccccc2)NC(c2cccc3c2-c2c(-c4ccc(-c5cccnc5)nc4-c4cccnc4)cccc2C32c3ccccc3Sc3ccccc32)N=C1c1ccccc1. The predicted octanol–water partition coefficient (Wildman–Crippen LogP) is 12.8. The Bertz CT molecular complexity index is 3190. The molecule has 1 atom stereocenters. The molecule has 2 aliphatic heterocycles. The smallest absolute Gasteiger partial charge is 0.146 e. The molecule has 62 heavy (non-hydrogen) atoms. The van der Waals surface area contributed by atoms with Crippen LogP contribution in [0.1, 0.15) is 45.1 Å². The van der Waals surface area contributed by atoms with E-state index in [0.29, 0.717) is 0 Å². The molecule has 6 heteroatoms. The molecule has 3 aromatic heterocycles. The number of nitrogens with one attached hydrogen (secondary N) is 1. The lowest BCUT2D eigenvalue weighted by molar-refractivity contribution is 0.662. The minimum atomic E-state index is -0.606. The van der Waals surface area contributed by atoms with Gasteiger partial charge in [-0.1, -0.05) is 145 Å². The molecule has 6 aromatic carbocycles. The van der Waals surface area contributed by atoms with E-state index in [-0.39, 0.29) is 0 Å². The number of nitrogens with zero attached hydrogens (tertiary/aromatic N) is 4. The van der Waals surface area contributed by atoms with Gasteiger partial charge in [-0.15, -0.1) is 0 Å². The van der Waals surface area contributed by atoms with Crippen molar-refractivity contribution in [3.8, 4) is 44.8 Å². The van der Waals surface area contributed by atoms with E-state index in [1.807, 2.05) is 42.5 Å². The second-order valence-electron chi connectivity index (χ2n) is 15.8. The first-order valence-electron chi connectivity index (χ1n) is 20.9. The molecule has 3 aliphatic rings. The minimum Gasteiger partial charge on any atom is -0.359 e. The van der Waals surface area contributed by atoms with Gasteiger partial charge in [0.2, 0.25) is 0 Å². The van der Waals surface area contributed by atoms with E-state index in [1.54, 1.807) is 6.20 Å². The normalized spacial score (nSPS) is 15.3. The topological polar surface area (TPSA) is 63.1 Å². The van der Waals surface area contributed by atoms with E-state index in [9.17, 15) is 0 Å². The molecule has 0 amide bonds. The van der Waals surface area contributed by atoms with Gasteiger partial charge in [0.25, 0.3) is 0 Å². The van der Waals surface area contributed by atoms with Crippen LogP contribution in [-0.4, -0.2) is 20.7 Å². The minimum absolute atomic E-state index is 0.399. The van der Waals surface area contributed by atoms with E-state index < -0.39 is 11.6 Å². The Morgan fingerprint density at radius 3 is 1.76 bits per heavy atom. The average Bonchev–Trinajstić information content (AvgIpc) is 3.66. The van der Waals surface area contributed by atoms with Crippen LogP contribution in [0.3, 0.4) is 0 Å². The quantitative estimate of drug-likeness (QED) is 0.181. The third kappa shape index (κ3) is 5.71. The first-order chi connectivity index (χ1) is 30.8. The van der Waals surface area contributed by atoms with Crippen LogP contribution < -0.4 is 5.32 Å². The summed E-state index contributed by atoms with van der Waals surface area (Å²) in [6.45, 7) is 0. The molecule has 1 aliphatic carbocycles. The summed E-state index contributed by atoms with van der Waals surface area (Å²) in [7, 11) is 0. The third-order valence-electron chi connectivity index (χ3n) is 12.4. The molecule has 0 radical (unpaired) electrons. The van der Waals surface area contributed by atoms with Crippen LogP contribution >= 0.6 is 11.8 Å². The molecular formula is C56H37N5S. The third-order valence-corrected chi connectivity index (χ3v) is 13.5.